The number of rotatable bonds is 6. The summed E-state index contributed by atoms with van der Waals surface area (Å²) in [5.74, 6) is 1.86. The molecule has 2 heterocycles. The number of aliphatic hydroxyl groups is 1. The SMILES string of the molecule is CCC(=O)Oc1ccc2c3c1O[C@H]1C4(OC)CC[C@]5(C[C@@H]4[C@](C)(O)C(C)(C)C)[C@@H](C2)N(CC2CC2)CC[C@]315. The number of methoxy groups -OCH3 is 1. The number of fused-ring (bicyclic) bond motifs is 2. The van der Waals surface area contributed by atoms with E-state index in [1.54, 1.807) is 0 Å². The van der Waals surface area contributed by atoms with E-state index in [1.807, 2.05) is 27.0 Å². The highest BCUT2D eigenvalue weighted by Crippen LogP contribution is 2.78. The predicted octanol–water partition coefficient (Wildman–Crippen LogP) is 5.02. The van der Waals surface area contributed by atoms with Crippen LogP contribution in [0.4, 0.5) is 0 Å². The van der Waals surface area contributed by atoms with Crippen molar-refractivity contribution in [2.75, 3.05) is 20.2 Å². The van der Waals surface area contributed by atoms with Crippen LogP contribution >= 0.6 is 0 Å². The highest BCUT2D eigenvalue weighted by molar-refractivity contribution is 5.74. The van der Waals surface area contributed by atoms with Gasteiger partial charge in [-0.3, -0.25) is 9.69 Å². The second-order valence-corrected chi connectivity index (χ2v) is 14.6. The zero-order valence-electron chi connectivity index (χ0n) is 24.1. The zero-order valence-corrected chi connectivity index (χ0v) is 24.1. The lowest BCUT2D eigenvalue weighted by atomic mass is 9.33. The topological polar surface area (TPSA) is 68.2 Å². The molecule has 38 heavy (non-hydrogen) atoms. The molecule has 4 bridgehead atoms. The highest BCUT2D eigenvalue weighted by Gasteiger charge is 2.82. The van der Waals surface area contributed by atoms with Gasteiger partial charge in [-0.05, 0) is 81.4 Å². The van der Waals surface area contributed by atoms with Crippen LogP contribution in [0.3, 0.4) is 0 Å². The number of piperidine rings is 1. The van der Waals surface area contributed by atoms with Gasteiger partial charge >= 0.3 is 5.97 Å². The molecule has 1 saturated heterocycles. The molecule has 5 fully saturated rings. The lowest BCUT2D eigenvalue weighted by Gasteiger charge is -2.75. The molecule has 7 atom stereocenters. The van der Waals surface area contributed by atoms with Gasteiger partial charge in [-0.15, -0.1) is 0 Å². The van der Waals surface area contributed by atoms with Crippen LogP contribution in [0.15, 0.2) is 12.1 Å². The Hall–Kier alpha value is -1.63. The first kappa shape index (κ1) is 25.3. The van der Waals surface area contributed by atoms with Gasteiger partial charge in [0.05, 0.1) is 5.60 Å². The predicted molar refractivity (Wildman–Crippen MR) is 144 cm³/mol. The average Bonchev–Trinajstić information content (AvgIpc) is 3.62. The minimum absolute atomic E-state index is 0.00334. The van der Waals surface area contributed by atoms with E-state index in [2.05, 4.69) is 31.7 Å². The van der Waals surface area contributed by atoms with Crippen LogP contribution in [0.5, 0.6) is 11.5 Å². The molecule has 208 valence electrons. The fourth-order valence-corrected chi connectivity index (χ4v) is 9.85. The molecule has 2 aliphatic heterocycles. The third-order valence-corrected chi connectivity index (χ3v) is 12.4. The minimum atomic E-state index is -0.941. The quantitative estimate of drug-likeness (QED) is 0.417. The molecule has 1 aromatic rings. The molecule has 4 saturated carbocycles. The summed E-state index contributed by atoms with van der Waals surface area (Å²) in [6, 6.07) is 4.59. The smallest absolute Gasteiger partial charge is 0.311 e. The second kappa shape index (κ2) is 7.76. The van der Waals surface area contributed by atoms with Gasteiger partial charge in [-0.1, -0.05) is 33.8 Å². The Morgan fingerprint density at radius 2 is 1.95 bits per heavy atom. The lowest BCUT2D eigenvalue weighted by molar-refractivity contribution is -0.312. The number of ether oxygens (including phenoxy) is 3. The van der Waals surface area contributed by atoms with E-state index in [0.29, 0.717) is 18.2 Å². The van der Waals surface area contributed by atoms with Crippen LogP contribution in [-0.4, -0.2) is 59.5 Å². The van der Waals surface area contributed by atoms with Crippen molar-refractivity contribution < 1.29 is 24.1 Å². The number of esters is 1. The van der Waals surface area contributed by atoms with E-state index >= 15 is 0 Å². The Balaban J connectivity index is 1.45. The van der Waals surface area contributed by atoms with Gasteiger partial charge in [0.25, 0.3) is 0 Å². The average molecular weight is 524 g/mol. The Morgan fingerprint density at radius 1 is 1.18 bits per heavy atom. The van der Waals surface area contributed by atoms with Gasteiger partial charge < -0.3 is 19.3 Å². The Bertz CT molecular complexity index is 1180. The Kier molecular flexibility index (Phi) is 5.18. The molecule has 0 amide bonds. The number of carbonyl (C=O) groups is 1. The van der Waals surface area contributed by atoms with Gasteiger partial charge in [0.1, 0.15) is 11.7 Å². The molecule has 1 N–H and O–H groups in total. The fourth-order valence-electron chi connectivity index (χ4n) is 9.85. The molecular weight excluding hydrogens is 478 g/mol. The van der Waals surface area contributed by atoms with E-state index in [1.165, 1.54) is 30.5 Å². The lowest BCUT2D eigenvalue weighted by Crippen LogP contribution is -2.83. The molecule has 1 unspecified atom stereocenters. The molecule has 5 aliphatic carbocycles. The second-order valence-electron chi connectivity index (χ2n) is 14.6. The maximum Gasteiger partial charge on any atom is 0.311 e. The molecule has 6 nitrogen and oxygen atoms in total. The van der Waals surface area contributed by atoms with Crippen molar-refractivity contribution in [2.24, 2.45) is 22.7 Å². The molecular formula is C32H45NO5. The summed E-state index contributed by atoms with van der Waals surface area (Å²) in [6.45, 7) is 12.6. The van der Waals surface area contributed by atoms with Crippen molar-refractivity contribution >= 4 is 5.97 Å². The summed E-state index contributed by atoms with van der Waals surface area (Å²) in [7, 11) is 1.83. The van der Waals surface area contributed by atoms with E-state index in [9.17, 15) is 9.90 Å². The number of likely N-dealkylation sites (tertiary alicyclic amines) is 1. The van der Waals surface area contributed by atoms with E-state index in [4.69, 9.17) is 14.2 Å². The monoisotopic (exact) mass is 523 g/mol. The van der Waals surface area contributed by atoms with Gasteiger partial charge in [-0.2, -0.15) is 0 Å². The molecule has 8 rings (SSSR count). The molecule has 2 spiro atoms. The van der Waals surface area contributed by atoms with Crippen molar-refractivity contribution in [3.8, 4) is 11.5 Å². The largest absolute Gasteiger partial charge is 0.482 e. The standard InChI is InChI=1S/C32H45NO5/c1-7-24(34)37-21-11-10-20-16-23-30-12-13-32(36-6,22(17-30)29(5,35)28(2,3)4)27-31(30,25(20)26(21)38-27)14-15-33(23)18-19-8-9-19/h10-11,19,22-23,27,35H,7-9,12-18H2,1-6H3/t22-,23-,27-,29+,30+,31+,32?/m1/s1. The van der Waals surface area contributed by atoms with Crippen LogP contribution in [0.25, 0.3) is 0 Å². The first-order valence-electron chi connectivity index (χ1n) is 15.0. The summed E-state index contributed by atoms with van der Waals surface area (Å²) < 4.78 is 19.6. The summed E-state index contributed by atoms with van der Waals surface area (Å²) in [5, 5.41) is 12.3. The number of nitrogens with zero attached hydrogens (tertiary/aromatic N) is 1. The molecule has 7 aliphatic rings. The molecule has 0 aromatic heterocycles. The number of hydrogen-bond donors (Lipinski definition) is 1. The van der Waals surface area contributed by atoms with Crippen LogP contribution in [-0.2, 0) is 21.4 Å². The maximum atomic E-state index is 12.4. The van der Waals surface area contributed by atoms with E-state index < -0.39 is 11.2 Å². The van der Waals surface area contributed by atoms with Gasteiger partial charge in [0.2, 0.25) is 0 Å². The maximum absolute atomic E-state index is 12.4. The van der Waals surface area contributed by atoms with Crippen molar-refractivity contribution in [3.63, 3.8) is 0 Å². The van der Waals surface area contributed by atoms with Crippen molar-refractivity contribution in [2.45, 2.75) is 115 Å². The highest BCUT2D eigenvalue weighted by atomic mass is 16.6. The number of benzene rings is 1. The van der Waals surface area contributed by atoms with Crippen molar-refractivity contribution in [1.29, 1.82) is 0 Å². The van der Waals surface area contributed by atoms with Crippen LogP contribution in [0, 0.1) is 22.7 Å². The van der Waals surface area contributed by atoms with Crippen LogP contribution in [0.2, 0.25) is 0 Å². The first-order chi connectivity index (χ1) is 17.9. The van der Waals surface area contributed by atoms with Crippen LogP contribution in [0.1, 0.15) is 90.7 Å². The fraction of sp³-hybridized carbons (Fsp3) is 0.781. The van der Waals surface area contributed by atoms with E-state index in [0.717, 1.165) is 50.3 Å². The minimum Gasteiger partial charge on any atom is -0.482 e. The van der Waals surface area contributed by atoms with Gasteiger partial charge in [-0.25, -0.2) is 0 Å². The molecule has 6 heteroatoms. The number of hydrogen-bond acceptors (Lipinski definition) is 6. The molecule has 0 radical (unpaired) electrons. The van der Waals surface area contributed by atoms with Crippen molar-refractivity contribution in [1.82, 2.24) is 4.90 Å². The zero-order chi connectivity index (χ0) is 26.9. The number of carbonyl (C=O) groups excluding carboxylic acids is 1. The summed E-state index contributed by atoms with van der Waals surface area (Å²) in [6.07, 6.45) is 7.76. The van der Waals surface area contributed by atoms with E-state index in [-0.39, 0.29) is 34.2 Å². The Morgan fingerprint density at radius 3 is 2.61 bits per heavy atom. The first-order valence-corrected chi connectivity index (χ1v) is 15.0. The van der Waals surface area contributed by atoms with Crippen LogP contribution < -0.4 is 9.47 Å². The third-order valence-electron chi connectivity index (χ3n) is 12.4. The summed E-state index contributed by atoms with van der Waals surface area (Å²) in [5.41, 5.74) is 0.588. The van der Waals surface area contributed by atoms with Gasteiger partial charge in [0, 0.05) is 48.4 Å². The van der Waals surface area contributed by atoms with Gasteiger partial charge in [0.15, 0.2) is 11.5 Å². The molecule has 1 aromatic carbocycles. The Labute approximate surface area is 227 Å². The summed E-state index contributed by atoms with van der Waals surface area (Å²) in [4.78, 5) is 15.3. The third kappa shape index (κ3) is 2.88. The normalized spacial score (nSPS) is 40.3. The van der Waals surface area contributed by atoms with Crippen molar-refractivity contribution in [3.05, 3.63) is 23.3 Å². The summed E-state index contributed by atoms with van der Waals surface area (Å²) >= 11 is 0.